The Morgan fingerprint density at radius 2 is 1.81 bits per heavy atom. The van der Waals surface area contributed by atoms with E-state index in [1.807, 2.05) is 38.1 Å². The zero-order valence-electron chi connectivity index (χ0n) is 25.7. The zero-order chi connectivity index (χ0) is 31.1. The van der Waals surface area contributed by atoms with Crippen LogP contribution in [0.25, 0.3) is 11.1 Å². The smallest absolute Gasteiger partial charge is 0.242 e. The fourth-order valence-corrected chi connectivity index (χ4v) is 5.60. The molecule has 0 radical (unpaired) electrons. The molecule has 1 aromatic heterocycles. The van der Waals surface area contributed by atoms with Gasteiger partial charge in [0.05, 0.1) is 39.3 Å². The van der Waals surface area contributed by atoms with Gasteiger partial charge < -0.3 is 34.6 Å². The molecule has 0 bridgehead atoms. The van der Waals surface area contributed by atoms with Crippen molar-refractivity contribution in [2.24, 2.45) is 5.92 Å². The van der Waals surface area contributed by atoms with Gasteiger partial charge in [-0.3, -0.25) is 14.4 Å². The minimum Gasteiger partial charge on any atom is -0.493 e. The third-order valence-electron chi connectivity index (χ3n) is 7.52. The normalized spacial score (nSPS) is 14.5. The van der Waals surface area contributed by atoms with E-state index in [0.717, 1.165) is 22.5 Å². The van der Waals surface area contributed by atoms with Gasteiger partial charge in [0, 0.05) is 25.5 Å². The molecule has 3 N–H and O–H groups in total. The Balaban J connectivity index is 1.78. The third kappa shape index (κ3) is 7.31. The minimum atomic E-state index is -0.635. The molecule has 0 saturated carbocycles. The van der Waals surface area contributed by atoms with Crippen molar-refractivity contribution in [2.45, 2.75) is 58.5 Å². The fourth-order valence-electron chi connectivity index (χ4n) is 5.60. The number of amides is 2. The number of hydrogen-bond acceptors (Lipinski definition) is 8. The topological polar surface area (TPSA) is 128 Å². The summed E-state index contributed by atoms with van der Waals surface area (Å²) in [6.45, 7) is 5.92. The number of benzene rings is 1. The van der Waals surface area contributed by atoms with Crippen LogP contribution < -0.4 is 35.6 Å². The number of carbonyl (C=O) groups is 2. The van der Waals surface area contributed by atoms with Gasteiger partial charge in [0.15, 0.2) is 11.5 Å². The molecule has 1 aliphatic carbocycles. The van der Waals surface area contributed by atoms with Crippen molar-refractivity contribution in [3.8, 4) is 28.4 Å². The van der Waals surface area contributed by atoms with E-state index in [9.17, 15) is 14.4 Å². The second kappa shape index (κ2) is 14.1. The first-order valence-corrected chi connectivity index (χ1v) is 14.5. The van der Waals surface area contributed by atoms with Crippen molar-refractivity contribution in [1.29, 1.82) is 0 Å². The highest BCUT2D eigenvalue weighted by molar-refractivity contribution is 5.86. The molecule has 230 valence electrons. The summed E-state index contributed by atoms with van der Waals surface area (Å²) in [5.74, 6) is 2.01. The highest BCUT2D eigenvalue weighted by atomic mass is 16.5. The molecule has 10 nitrogen and oxygen atoms in total. The Hall–Kier alpha value is -4.47. The number of methoxy groups -OCH3 is 3. The molecule has 0 fully saturated rings. The van der Waals surface area contributed by atoms with Crippen LogP contribution >= 0.6 is 0 Å². The Labute approximate surface area is 252 Å². The maximum Gasteiger partial charge on any atom is 0.242 e. The molecule has 0 unspecified atom stereocenters. The van der Waals surface area contributed by atoms with Crippen LogP contribution in [0, 0.1) is 5.92 Å². The molecule has 4 rings (SSSR count). The quantitative estimate of drug-likeness (QED) is 0.278. The van der Waals surface area contributed by atoms with E-state index >= 15 is 0 Å². The summed E-state index contributed by atoms with van der Waals surface area (Å²) in [5.41, 5.74) is 3.06. The predicted molar refractivity (Wildman–Crippen MR) is 165 cm³/mol. The second-order valence-corrected chi connectivity index (χ2v) is 11.0. The van der Waals surface area contributed by atoms with Gasteiger partial charge in [0.25, 0.3) is 0 Å². The van der Waals surface area contributed by atoms with Crippen molar-refractivity contribution >= 4 is 17.5 Å². The van der Waals surface area contributed by atoms with Crippen LogP contribution in [-0.2, 0) is 22.4 Å². The molecular weight excluding hydrogens is 550 g/mol. The first-order valence-electron chi connectivity index (χ1n) is 14.5. The molecular formula is C33H41N3O7. The Morgan fingerprint density at radius 3 is 2.44 bits per heavy atom. The Bertz CT molecular complexity index is 1500. The van der Waals surface area contributed by atoms with Crippen LogP contribution in [0.2, 0.25) is 0 Å². The van der Waals surface area contributed by atoms with E-state index in [-0.39, 0.29) is 28.8 Å². The van der Waals surface area contributed by atoms with Crippen LogP contribution in [0.5, 0.6) is 17.2 Å². The van der Waals surface area contributed by atoms with E-state index in [4.69, 9.17) is 18.6 Å². The monoisotopic (exact) mass is 591 g/mol. The number of hydrogen-bond donors (Lipinski definition) is 3. The Morgan fingerprint density at radius 1 is 1.05 bits per heavy atom. The number of aryl methyl sites for hydroxylation is 1. The van der Waals surface area contributed by atoms with Crippen LogP contribution in [0.3, 0.4) is 0 Å². The van der Waals surface area contributed by atoms with Gasteiger partial charge in [-0.05, 0) is 72.2 Å². The van der Waals surface area contributed by atoms with Gasteiger partial charge in [-0.15, -0.1) is 0 Å². The highest BCUT2D eigenvalue weighted by Crippen LogP contribution is 2.50. The van der Waals surface area contributed by atoms with Crippen LogP contribution in [-0.4, -0.2) is 45.7 Å². The standard InChI is InChI=1S/C33H41N3O7/c1-19(2)16-27(33(39)34-14-13-22-8-7-15-43-22)36-26-12-10-23-24(18-28(26)38)25(35-20(3)37)11-9-21-17-29(40-4)31(41-5)32(42-6)30(21)23/h7-8,10,12,15,17-19,25,27H,9,11,13-14,16H2,1-6H3,(H,34,39)(H,35,37)(H,36,38)/t25-,27-/m1/s1. The second-order valence-electron chi connectivity index (χ2n) is 11.0. The molecule has 0 saturated heterocycles. The number of anilines is 1. The molecule has 43 heavy (non-hydrogen) atoms. The Kier molecular flexibility index (Phi) is 10.3. The largest absolute Gasteiger partial charge is 0.493 e. The number of ether oxygens (including phenoxy) is 3. The third-order valence-corrected chi connectivity index (χ3v) is 7.52. The number of fused-ring (bicyclic) bond motifs is 3. The maximum absolute atomic E-state index is 13.7. The molecule has 1 aliphatic rings. The van der Waals surface area contributed by atoms with Gasteiger partial charge >= 0.3 is 0 Å². The molecule has 3 aromatic rings. The molecule has 2 aromatic carbocycles. The van der Waals surface area contributed by atoms with Crippen molar-refractivity contribution in [3.63, 3.8) is 0 Å². The van der Waals surface area contributed by atoms with E-state index in [1.165, 1.54) is 6.92 Å². The van der Waals surface area contributed by atoms with Gasteiger partial charge in [0.1, 0.15) is 11.8 Å². The average molecular weight is 592 g/mol. The lowest BCUT2D eigenvalue weighted by Crippen LogP contribution is -2.42. The van der Waals surface area contributed by atoms with Gasteiger partial charge in [-0.2, -0.15) is 0 Å². The summed E-state index contributed by atoms with van der Waals surface area (Å²) in [6, 6.07) is 9.60. The lowest BCUT2D eigenvalue weighted by molar-refractivity contribution is -0.122. The summed E-state index contributed by atoms with van der Waals surface area (Å²) in [4.78, 5) is 39.2. The van der Waals surface area contributed by atoms with E-state index in [1.54, 1.807) is 39.7 Å². The van der Waals surface area contributed by atoms with E-state index in [2.05, 4.69) is 16.0 Å². The summed E-state index contributed by atoms with van der Waals surface area (Å²) in [7, 11) is 4.67. The van der Waals surface area contributed by atoms with Crippen LogP contribution in [0.4, 0.5) is 5.69 Å². The predicted octanol–water partition coefficient (Wildman–Crippen LogP) is 4.64. The molecule has 2 amide bonds. The zero-order valence-corrected chi connectivity index (χ0v) is 25.7. The lowest BCUT2D eigenvalue weighted by Gasteiger charge is -2.20. The summed E-state index contributed by atoms with van der Waals surface area (Å²) in [6.07, 6.45) is 3.84. The number of nitrogens with one attached hydrogen (secondary N) is 3. The average Bonchev–Trinajstić information content (AvgIpc) is 3.39. The minimum absolute atomic E-state index is 0.195. The highest BCUT2D eigenvalue weighted by Gasteiger charge is 2.30. The maximum atomic E-state index is 13.7. The SMILES string of the molecule is COc1cc2c(c(OC)c1OC)-c1ccc(N[C@H](CC(C)C)C(=O)NCCc3ccco3)c(=O)cc1[C@H](NC(C)=O)CC2. The molecule has 10 heteroatoms. The van der Waals surface area contributed by atoms with Crippen molar-refractivity contribution < 1.29 is 28.2 Å². The molecule has 0 spiro atoms. The fraction of sp³-hybridized carbons (Fsp3) is 0.424. The van der Waals surface area contributed by atoms with Gasteiger partial charge in [-0.1, -0.05) is 19.9 Å². The molecule has 1 heterocycles. The molecule has 0 aliphatic heterocycles. The van der Waals surface area contributed by atoms with Crippen molar-refractivity contribution in [2.75, 3.05) is 33.2 Å². The number of rotatable bonds is 12. The first-order chi connectivity index (χ1) is 20.7. The molecule has 2 atom stereocenters. The number of carbonyl (C=O) groups excluding carboxylic acids is 2. The summed E-state index contributed by atoms with van der Waals surface area (Å²) < 4.78 is 22.5. The summed E-state index contributed by atoms with van der Waals surface area (Å²) >= 11 is 0. The van der Waals surface area contributed by atoms with Gasteiger partial charge in [0.2, 0.25) is 23.0 Å². The van der Waals surface area contributed by atoms with Crippen molar-refractivity contribution in [3.05, 3.63) is 69.8 Å². The van der Waals surface area contributed by atoms with Crippen LogP contribution in [0.1, 0.15) is 56.5 Å². The van der Waals surface area contributed by atoms with Gasteiger partial charge in [-0.25, -0.2) is 0 Å². The summed E-state index contributed by atoms with van der Waals surface area (Å²) in [5, 5.41) is 9.20. The van der Waals surface area contributed by atoms with Crippen molar-refractivity contribution in [1.82, 2.24) is 10.6 Å². The lowest BCUT2D eigenvalue weighted by atomic mass is 9.95. The van der Waals surface area contributed by atoms with Crippen LogP contribution in [0.15, 0.2) is 51.9 Å². The first kappa shape index (κ1) is 31.5. The number of furan rings is 1. The van der Waals surface area contributed by atoms with E-state index < -0.39 is 12.1 Å². The van der Waals surface area contributed by atoms with E-state index in [0.29, 0.717) is 55.0 Å².